The lowest BCUT2D eigenvalue weighted by Crippen LogP contribution is -2.35. The second-order valence-corrected chi connectivity index (χ2v) is 10.6. The Morgan fingerprint density at radius 1 is 0.871 bits per heavy atom. The number of rotatable bonds is 9. The summed E-state index contributed by atoms with van der Waals surface area (Å²) in [6, 6.07) is 15.7. The normalized spacial score (nSPS) is 11.9. The molecule has 2 N–H and O–H groups in total. The monoisotopic (exact) mass is 462 g/mol. The van der Waals surface area contributed by atoms with E-state index in [4.69, 9.17) is 4.42 Å². The van der Waals surface area contributed by atoms with Gasteiger partial charge < -0.3 is 9.73 Å². The van der Waals surface area contributed by atoms with E-state index in [2.05, 4.69) is 10.0 Å². The SMILES string of the molecule is Cc1ccc(S(=O)(=O)NCCNC(=O)c2occc2CS(=O)(=O)c2ccccc2)cc1. The van der Waals surface area contributed by atoms with Crippen molar-refractivity contribution < 1.29 is 26.0 Å². The van der Waals surface area contributed by atoms with Crippen molar-refractivity contribution in [1.82, 2.24) is 10.0 Å². The number of carbonyl (C=O) groups is 1. The summed E-state index contributed by atoms with van der Waals surface area (Å²) in [6.45, 7) is 1.81. The van der Waals surface area contributed by atoms with Gasteiger partial charge in [0, 0.05) is 18.7 Å². The highest BCUT2D eigenvalue weighted by Crippen LogP contribution is 2.19. The topological polar surface area (TPSA) is 123 Å². The van der Waals surface area contributed by atoms with Gasteiger partial charge in [-0.2, -0.15) is 0 Å². The van der Waals surface area contributed by atoms with Crippen molar-refractivity contribution >= 4 is 25.8 Å². The lowest BCUT2D eigenvalue weighted by atomic mass is 10.2. The van der Waals surface area contributed by atoms with Crippen LogP contribution in [-0.4, -0.2) is 35.8 Å². The van der Waals surface area contributed by atoms with E-state index >= 15 is 0 Å². The molecular formula is C21H22N2O6S2. The van der Waals surface area contributed by atoms with Gasteiger partial charge in [-0.05, 0) is 37.3 Å². The molecular weight excluding hydrogens is 440 g/mol. The minimum atomic E-state index is -3.70. The Morgan fingerprint density at radius 3 is 2.23 bits per heavy atom. The molecule has 0 radical (unpaired) electrons. The van der Waals surface area contributed by atoms with E-state index in [1.54, 1.807) is 30.3 Å². The fourth-order valence-corrected chi connectivity index (χ4v) is 5.21. The number of sulfonamides is 1. The number of aryl methyl sites for hydroxylation is 1. The maximum Gasteiger partial charge on any atom is 0.287 e. The number of benzene rings is 2. The first-order chi connectivity index (χ1) is 14.7. The highest BCUT2D eigenvalue weighted by molar-refractivity contribution is 7.90. The summed E-state index contributed by atoms with van der Waals surface area (Å²) in [5, 5.41) is 2.53. The first-order valence-electron chi connectivity index (χ1n) is 9.38. The van der Waals surface area contributed by atoms with Crippen molar-refractivity contribution in [2.45, 2.75) is 22.5 Å². The van der Waals surface area contributed by atoms with E-state index in [0.29, 0.717) is 0 Å². The molecule has 3 rings (SSSR count). The summed E-state index contributed by atoms with van der Waals surface area (Å²) >= 11 is 0. The number of nitrogens with one attached hydrogen (secondary N) is 2. The molecule has 0 aliphatic heterocycles. The number of amides is 1. The number of carbonyl (C=O) groups excluding carboxylic acids is 1. The molecule has 0 bridgehead atoms. The zero-order valence-electron chi connectivity index (χ0n) is 16.7. The van der Waals surface area contributed by atoms with Crippen molar-refractivity contribution in [1.29, 1.82) is 0 Å². The van der Waals surface area contributed by atoms with Crippen molar-refractivity contribution in [3.8, 4) is 0 Å². The van der Waals surface area contributed by atoms with Crippen LogP contribution in [0, 0.1) is 6.92 Å². The summed E-state index contributed by atoms with van der Waals surface area (Å²) in [4.78, 5) is 12.7. The largest absolute Gasteiger partial charge is 0.459 e. The predicted octanol–water partition coefficient (Wildman–Crippen LogP) is 2.27. The molecule has 10 heteroatoms. The van der Waals surface area contributed by atoms with Gasteiger partial charge in [0.2, 0.25) is 10.0 Å². The Morgan fingerprint density at radius 2 is 1.55 bits per heavy atom. The highest BCUT2D eigenvalue weighted by Gasteiger charge is 2.22. The molecule has 0 aliphatic carbocycles. The predicted molar refractivity (Wildman–Crippen MR) is 115 cm³/mol. The molecule has 0 saturated carbocycles. The van der Waals surface area contributed by atoms with Crippen LogP contribution in [0.15, 0.2) is 81.1 Å². The van der Waals surface area contributed by atoms with Crippen LogP contribution in [0.3, 0.4) is 0 Å². The van der Waals surface area contributed by atoms with Gasteiger partial charge in [-0.3, -0.25) is 4.79 Å². The van der Waals surface area contributed by atoms with Crippen LogP contribution in [0.25, 0.3) is 0 Å². The molecule has 8 nitrogen and oxygen atoms in total. The second-order valence-electron chi connectivity index (χ2n) is 6.81. The number of hydrogen-bond acceptors (Lipinski definition) is 6. The van der Waals surface area contributed by atoms with Crippen molar-refractivity contribution in [2.24, 2.45) is 0 Å². The molecule has 1 aromatic heterocycles. The molecule has 1 heterocycles. The van der Waals surface area contributed by atoms with Crippen LogP contribution < -0.4 is 10.0 Å². The van der Waals surface area contributed by atoms with E-state index in [0.717, 1.165) is 5.56 Å². The van der Waals surface area contributed by atoms with Crippen molar-refractivity contribution in [3.05, 3.63) is 83.8 Å². The van der Waals surface area contributed by atoms with Crippen LogP contribution in [0.4, 0.5) is 0 Å². The maximum atomic E-state index is 12.6. The fourth-order valence-electron chi connectivity index (χ4n) is 2.81. The van der Waals surface area contributed by atoms with Gasteiger partial charge >= 0.3 is 0 Å². The zero-order chi connectivity index (χ0) is 22.5. The van der Waals surface area contributed by atoms with E-state index < -0.39 is 31.5 Å². The molecule has 0 aliphatic rings. The lowest BCUT2D eigenvalue weighted by molar-refractivity contribution is 0.0925. The zero-order valence-corrected chi connectivity index (χ0v) is 18.4. The van der Waals surface area contributed by atoms with Crippen LogP contribution in [-0.2, 0) is 25.6 Å². The third-order valence-electron chi connectivity index (χ3n) is 4.43. The quantitative estimate of drug-likeness (QED) is 0.471. The van der Waals surface area contributed by atoms with Crippen molar-refractivity contribution in [3.63, 3.8) is 0 Å². The highest BCUT2D eigenvalue weighted by atomic mass is 32.2. The second kappa shape index (κ2) is 9.46. The van der Waals surface area contributed by atoms with Gasteiger partial charge in [-0.25, -0.2) is 21.6 Å². The smallest absolute Gasteiger partial charge is 0.287 e. The van der Waals surface area contributed by atoms with Gasteiger partial charge in [-0.15, -0.1) is 0 Å². The van der Waals surface area contributed by atoms with Crippen LogP contribution in [0.5, 0.6) is 0 Å². The average molecular weight is 463 g/mol. The molecule has 31 heavy (non-hydrogen) atoms. The molecule has 0 unspecified atom stereocenters. The minimum Gasteiger partial charge on any atom is -0.459 e. The summed E-state index contributed by atoms with van der Waals surface area (Å²) in [6.07, 6.45) is 1.24. The van der Waals surface area contributed by atoms with Crippen LogP contribution in [0.1, 0.15) is 21.7 Å². The Bertz CT molecular complexity index is 1250. The van der Waals surface area contributed by atoms with Crippen LogP contribution in [0.2, 0.25) is 0 Å². The van der Waals surface area contributed by atoms with E-state index in [1.165, 1.54) is 36.6 Å². The average Bonchev–Trinajstić information content (AvgIpc) is 3.19. The third-order valence-corrected chi connectivity index (χ3v) is 7.59. The Hall–Kier alpha value is -2.95. The van der Waals surface area contributed by atoms with E-state index in [-0.39, 0.29) is 34.2 Å². The van der Waals surface area contributed by atoms with Gasteiger partial charge in [0.25, 0.3) is 5.91 Å². The van der Waals surface area contributed by atoms with Gasteiger partial charge in [0.15, 0.2) is 15.6 Å². The summed E-state index contributed by atoms with van der Waals surface area (Å²) < 4.78 is 57.2. The van der Waals surface area contributed by atoms with Gasteiger partial charge in [-0.1, -0.05) is 35.9 Å². The Kier molecular flexibility index (Phi) is 6.94. The molecule has 3 aromatic rings. The molecule has 0 atom stereocenters. The first-order valence-corrected chi connectivity index (χ1v) is 12.5. The van der Waals surface area contributed by atoms with E-state index in [1.807, 2.05) is 6.92 Å². The number of furan rings is 1. The molecule has 0 fully saturated rings. The minimum absolute atomic E-state index is 0.00446. The Balaban J connectivity index is 1.57. The summed E-state index contributed by atoms with van der Waals surface area (Å²) in [5.41, 5.74) is 1.16. The fraction of sp³-hybridized carbons (Fsp3) is 0.190. The lowest BCUT2D eigenvalue weighted by Gasteiger charge is -2.09. The molecule has 1 amide bonds. The molecule has 0 spiro atoms. The molecule has 2 aromatic carbocycles. The molecule has 164 valence electrons. The summed E-state index contributed by atoms with van der Waals surface area (Å²) in [5.74, 6) is -1.14. The summed E-state index contributed by atoms with van der Waals surface area (Å²) in [7, 11) is -7.34. The molecule has 0 saturated heterocycles. The number of sulfone groups is 1. The van der Waals surface area contributed by atoms with E-state index in [9.17, 15) is 21.6 Å². The Labute approximate surface area is 181 Å². The van der Waals surface area contributed by atoms with Gasteiger partial charge in [0.05, 0.1) is 21.8 Å². The van der Waals surface area contributed by atoms with Crippen molar-refractivity contribution in [2.75, 3.05) is 13.1 Å². The maximum absolute atomic E-state index is 12.6. The standard InChI is InChI=1S/C21H22N2O6S2/c1-16-7-9-19(10-8-16)31(27,28)23-13-12-22-21(24)20-17(11-14-29-20)15-30(25,26)18-5-3-2-4-6-18/h2-11,14,23H,12-13,15H2,1H3,(H,22,24). The first kappa shape index (κ1) is 22.7. The third kappa shape index (κ3) is 5.81. The number of hydrogen-bond donors (Lipinski definition) is 2. The van der Waals surface area contributed by atoms with Gasteiger partial charge in [0.1, 0.15) is 0 Å². The van der Waals surface area contributed by atoms with Crippen LogP contribution >= 0.6 is 0 Å².